The first kappa shape index (κ1) is 27.3. The molecule has 0 fully saturated rings. The Labute approximate surface area is 189 Å². The highest BCUT2D eigenvalue weighted by molar-refractivity contribution is 6.06. The predicted molar refractivity (Wildman–Crippen MR) is 111 cm³/mol. The highest BCUT2D eigenvalue weighted by Crippen LogP contribution is 2.33. The van der Waals surface area contributed by atoms with Gasteiger partial charge in [-0.3, -0.25) is 24.7 Å². The number of hydrogen-bond donors (Lipinski definition) is 1. The standard InChI is InChI=1S/C20H27N3O10/c1-19(2,3)33-18(27)22-13(15(24)30-4)9-10-20(16(25)31-5,17(26)32-6)14-8-7-12(11-21-14)23(28)29/h7-8,11,13H,9-10H2,1-6H3,(H,22,27)/t13-/m0/s1. The number of pyridine rings is 1. The van der Waals surface area contributed by atoms with Gasteiger partial charge in [0.1, 0.15) is 17.8 Å². The number of alkyl carbamates (subject to hydrolysis) is 1. The lowest BCUT2D eigenvalue weighted by atomic mass is 9.78. The number of carbonyl (C=O) groups excluding carboxylic acids is 4. The fourth-order valence-corrected chi connectivity index (χ4v) is 2.92. The zero-order valence-electron chi connectivity index (χ0n) is 19.2. The van der Waals surface area contributed by atoms with Crippen molar-refractivity contribution in [3.05, 3.63) is 34.1 Å². The molecule has 0 spiro atoms. The van der Waals surface area contributed by atoms with E-state index in [1.165, 1.54) is 0 Å². The molecule has 13 heteroatoms. The summed E-state index contributed by atoms with van der Waals surface area (Å²) >= 11 is 0. The molecule has 13 nitrogen and oxygen atoms in total. The van der Waals surface area contributed by atoms with Gasteiger partial charge < -0.3 is 24.3 Å². The van der Waals surface area contributed by atoms with E-state index in [1.54, 1.807) is 20.8 Å². The fourth-order valence-electron chi connectivity index (χ4n) is 2.92. The number of amides is 1. The van der Waals surface area contributed by atoms with Crippen molar-refractivity contribution in [3.63, 3.8) is 0 Å². The zero-order valence-corrected chi connectivity index (χ0v) is 19.2. The van der Waals surface area contributed by atoms with E-state index in [0.29, 0.717) is 0 Å². The van der Waals surface area contributed by atoms with Crippen LogP contribution >= 0.6 is 0 Å². The Morgan fingerprint density at radius 3 is 2.03 bits per heavy atom. The van der Waals surface area contributed by atoms with Gasteiger partial charge in [-0.1, -0.05) is 0 Å². The predicted octanol–water partition coefficient (Wildman–Crippen LogP) is 1.42. The summed E-state index contributed by atoms with van der Waals surface area (Å²) < 4.78 is 19.4. The van der Waals surface area contributed by atoms with E-state index in [9.17, 15) is 29.3 Å². The van der Waals surface area contributed by atoms with Crippen molar-refractivity contribution in [2.45, 2.75) is 50.7 Å². The maximum absolute atomic E-state index is 12.8. The molecule has 1 rings (SSSR count). The average molecular weight is 469 g/mol. The molecule has 1 amide bonds. The molecule has 0 radical (unpaired) electrons. The van der Waals surface area contributed by atoms with Crippen molar-refractivity contribution < 1.29 is 43.0 Å². The van der Waals surface area contributed by atoms with E-state index >= 15 is 0 Å². The van der Waals surface area contributed by atoms with Crippen molar-refractivity contribution in [2.75, 3.05) is 21.3 Å². The average Bonchev–Trinajstić information content (AvgIpc) is 2.76. The fraction of sp³-hybridized carbons (Fsp3) is 0.550. The number of esters is 3. The Hall–Kier alpha value is -3.77. The van der Waals surface area contributed by atoms with Crippen molar-refractivity contribution in [3.8, 4) is 0 Å². The Bertz CT molecular complexity index is 876. The summed E-state index contributed by atoms with van der Waals surface area (Å²) in [5, 5.41) is 13.3. The van der Waals surface area contributed by atoms with Gasteiger partial charge >= 0.3 is 24.0 Å². The third-order valence-corrected chi connectivity index (χ3v) is 4.45. The van der Waals surface area contributed by atoms with Gasteiger partial charge in [0.2, 0.25) is 5.41 Å². The van der Waals surface area contributed by atoms with Crippen LogP contribution in [-0.2, 0) is 38.7 Å². The Morgan fingerprint density at radius 2 is 1.64 bits per heavy atom. The number of carbonyl (C=O) groups is 4. The van der Waals surface area contributed by atoms with Gasteiger partial charge in [0, 0.05) is 6.07 Å². The summed E-state index contributed by atoms with van der Waals surface area (Å²) in [6.45, 7) is 4.87. The first-order valence-corrected chi connectivity index (χ1v) is 9.67. The molecular formula is C20H27N3O10. The third kappa shape index (κ3) is 6.85. The number of hydrogen-bond acceptors (Lipinski definition) is 11. The number of nitrogens with one attached hydrogen (secondary N) is 1. The number of rotatable bonds is 9. The minimum atomic E-state index is -2.18. The maximum Gasteiger partial charge on any atom is 0.408 e. The first-order valence-electron chi connectivity index (χ1n) is 9.67. The molecule has 1 aromatic rings. The second kappa shape index (κ2) is 11.2. The molecule has 0 aliphatic carbocycles. The number of ether oxygens (including phenoxy) is 4. The topological polar surface area (TPSA) is 173 Å². The molecule has 1 N–H and O–H groups in total. The van der Waals surface area contributed by atoms with Crippen LogP contribution in [0.25, 0.3) is 0 Å². The molecular weight excluding hydrogens is 442 g/mol. The molecule has 1 aromatic heterocycles. The van der Waals surface area contributed by atoms with E-state index in [4.69, 9.17) is 18.9 Å². The lowest BCUT2D eigenvalue weighted by Gasteiger charge is -2.29. The smallest absolute Gasteiger partial charge is 0.408 e. The normalized spacial score (nSPS) is 12.2. The van der Waals surface area contributed by atoms with Gasteiger partial charge in [0.05, 0.1) is 31.9 Å². The monoisotopic (exact) mass is 469 g/mol. The maximum atomic E-state index is 12.8. The van der Waals surface area contributed by atoms with E-state index < -0.39 is 52.4 Å². The van der Waals surface area contributed by atoms with Crippen LogP contribution in [0, 0.1) is 10.1 Å². The van der Waals surface area contributed by atoms with Crippen LogP contribution in [0.15, 0.2) is 18.3 Å². The van der Waals surface area contributed by atoms with Crippen LogP contribution in [0.3, 0.4) is 0 Å². The number of nitrogens with zero attached hydrogens (tertiary/aromatic N) is 2. The van der Waals surface area contributed by atoms with Crippen LogP contribution in [-0.4, -0.2) is 66.9 Å². The highest BCUT2D eigenvalue weighted by Gasteiger charge is 2.52. The molecule has 0 unspecified atom stereocenters. The highest BCUT2D eigenvalue weighted by atomic mass is 16.6. The minimum Gasteiger partial charge on any atom is -0.468 e. The van der Waals surface area contributed by atoms with Crippen LogP contribution < -0.4 is 5.32 Å². The second-order valence-electron chi connectivity index (χ2n) is 7.81. The van der Waals surface area contributed by atoms with Crippen LogP contribution in [0.1, 0.15) is 39.3 Å². The quantitative estimate of drug-likeness (QED) is 0.182. The number of nitro groups is 1. The summed E-state index contributed by atoms with van der Waals surface area (Å²) in [7, 11) is 3.15. The summed E-state index contributed by atoms with van der Waals surface area (Å²) in [6, 6.07) is 0.858. The molecule has 0 saturated carbocycles. The van der Waals surface area contributed by atoms with E-state index in [-0.39, 0.29) is 17.8 Å². The van der Waals surface area contributed by atoms with Crippen molar-refractivity contribution in [2.24, 2.45) is 0 Å². The lowest BCUT2D eigenvalue weighted by molar-refractivity contribution is -0.385. The number of methoxy groups -OCH3 is 3. The van der Waals surface area contributed by atoms with E-state index in [1.807, 2.05) is 0 Å². The summed E-state index contributed by atoms with van der Waals surface area (Å²) in [5.41, 5.74) is -3.61. The third-order valence-electron chi connectivity index (χ3n) is 4.45. The Kier molecular flexibility index (Phi) is 9.25. The minimum absolute atomic E-state index is 0.201. The lowest BCUT2D eigenvalue weighted by Crippen LogP contribution is -2.49. The molecule has 0 aliphatic heterocycles. The van der Waals surface area contributed by atoms with Gasteiger partial charge in [-0.05, 0) is 39.7 Å². The molecule has 182 valence electrons. The SMILES string of the molecule is COC(=O)[C@H](CCC(C(=O)OC)(C(=O)OC)c1ccc([N+](=O)[O-])cn1)NC(=O)OC(C)(C)C. The Balaban J connectivity index is 3.38. The molecule has 1 atom stereocenters. The Morgan fingerprint density at radius 1 is 1.06 bits per heavy atom. The molecule has 0 saturated heterocycles. The van der Waals surface area contributed by atoms with Gasteiger partial charge in [-0.25, -0.2) is 9.59 Å². The largest absolute Gasteiger partial charge is 0.468 e. The second-order valence-corrected chi connectivity index (χ2v) is 7.81. The van der Waals surface area contributed by atoms with Crippen LogP contribution in [0.2, 0.25) is 0 Å². The van der Waals surface area contributed by atoms with Crippen molar-refractivity contribution in [1.29, 1.82) is 0 Å². The summed E-state index contributed by atoms with van der Waals surface area (Å²) in [6.07, 6.45) is -0.776. The molecule has 0 bridgehead atoms. The van der Waals surface area contributed by atoms with Gasteiger partial charge in [0.25, 0.3) is 5.69 Å². The number of aromatic nitrogens is 1. The summed E-state index contributed by atoms with van der Waals surface area (Å²) in [5.74, 6) is -3.01. The zero-order chi connectivity index (χ0) is 25.4. The molecule has 33 heavy (non-hydrogen) atoms. The van der Waals surface area contributed by atoms with Gasteiger partial charge in [0.15, 0.2) is 0 Å². The van der Waals surface area contributed by atoms with Gasteiger partial charge in [-0.15, -0.1) is 0 Å². The van der Waals surface area contributed by atoms with Crippen LogP contribution in [0.5, 0.6) is 0 Å². The molecule has 1 heterocycles. The molecule has 0 aliphatic rings. The van der Waals surface area contributed by atoms with E-state index in [0.717, 1.165) is 39.7 Å². The summed E-state index contributed by atoms with van der Waals surface area (Å²) in [4.78, 5) is 64.1. The van der Waals surface area contributed by atoms with Crippen LogP contribution in [0.4, 0.5) is 10.5 Å². The van der Waals surface area contributed by atoms with Crippen molar-refractivity contribution >= 4 is 29.7 Å². The van der Waals surface area contributed by atoms with E-state index in [2.05, 4.69) is 10.3 Å². The first-order chi connectivity index (χ1) is 15.3. The van der Waals surface area contributed by atoms with Crippen molar-refractivity contribution in [1.82, 2.24) is 10.3 Å². The van der Waals surface area contributed by atoms with Gasteiger partial charge in [-0.2, -0.15) is 0 Å². The molecule has 0 aromatic carbocycles.